The molecule has 0 radical (unpaired) electrons. The maximum atomic E-state index is 12.7. The Morgan fingerprint density at radius 1 is 1.15 bits per heavy atom. The third kappa shape index (κ3) is 4.61. The monoisotopic (exact) mass is 386 g/mol. The van der Waals surface area contributed by atoms with Crippen LogP contribution in [0.2, 0.25) is 5.02 Å². The zero-order valence-corrected chi connectivity index (χ0v) is 16.3. The van der Waals surface area contributed by atoms with Gasteiger partial charge in [-0.2, -0.15) is 0 Å². The number of nitrogens with one attached hydrogen (secondary N) is 1. The van der Waals surface area contributed by atoms with Gasteiger partial charge in [0, 0.05) is 18.1 Å². The molecular formula is C21H23ClN2O3. The van der Waals surface area contributed by atoms with Crippen molar-refractivity contribution in [2.45, 2.75) is 32.8 Å². The van der Waals surface area contributed by atoms with E-state index >= 15 is 0 Å². The van der Waals surface area contributed by atoms with Crippen molar-refractivity contribution in [2.75, 3.05) is 18.4 Å². The molecule has 1 N–H and O–H groups in total. The van der Waals surface area contributed by atoms with E-state index in [-0.39, 0.29) is 11.8 Å². The Hall–Kier alpha value is -2.53. The van der Waals surface area contributed by atoms with Crippen LogP contribution in [0.4, 0.5) is 5.69 Å². The van der Waals surface area contributed by atoms with Gasteiger partial charge in [-0.3, -0.25) is 9.59 Å². The minimum atomic E-state index is -0.722. The molecule has 2 aromatic carbocycles. The fraction of sp³-hybridized carbons (Fsp3) is 0.333. The van der Waals surface area contributed by atoms with Crippen LogP contribution in [0, 0.1) is 6.92 Å². The van der Waals surface area contributed by atoms with Gasteiger partial charge in [-0.25, -0.2) is 0 Å². The van der Waals surface area contributed by atoms with Crippen molar-refractivity contribution in [3.8, 4) is 5.75 Å². The lowest BCUT2D eigenvalue weighted by Gasteiger charge is -2.19. The number of aryl methyl sites for hydroxylation is 1. The quantitative estimate of drug-likeness (QED) is 0.833. The maximum Gasteiger partial charge on any atom is 0.265 e. The molecule has 0 unspecified atom stereocenters. The normalized spacial score (nSPS) is 14.7. The number of amides is 2. The minimum Gasteiger partial charge on any atom is -0.481 e. The molecule has 1 saturated heterocycles. The number of para-hydroxylation sites is 1. The lowest BCUT2D eigenvalue weighted by Crippen LogP contribution is -2.32. The molecule has 27 heavy (non-hydrogen) atoms. The number of rotatable bonds is 5. The van der Waals surface area contributed by atoms with Crippen LogP contribution in [-0.2, 0) is 4.79 Å². The highest BCUT2D eigenvalue weighted by Gasteiger charge is 2.23. The van der Waals surface area contributed by atoms with Gasteiger partial charge in [-0.15, -0.1) is 0 Å². The standard InChI is InChI=1S/C21H23ClN2O3/c1-14-13-16(9-10-18(14)22)27-15(2)20(25)23-19-8-4-3-7-17(19)21(26)24-11-5-6-12-24/h3-4,7-10,13,15H,5-6,11-12H2,1-2H3,(H,23,25)/t15-/m1/s1. The highest BCUT2D eigenvalue weighted by molar-refractivity contribution is 6.31. The molecule has 0 spiro atoms. The van der Waals surface area contributed by atoms with Crippen molar-refractivity contribution in [1.29, 1.82) is 0 Å². The average molecular weight is 387 g/mol. The van der Waals surface area contributed by atoms with E-state index < -0.39 is 6.10 Å². The molecule has 1 aliphatic rings. The largest absolute Gasteiger partial charge is 0.481 e. The van der Waals surface area contributed by atoms with Crippen LogP contribution < -0.4 is 10.1 Å². The highest BCUT2D eigenvalue weighted by atomic mass is 35.5. The maximum absolute atomic E-state index is 12.7. The van der Waals surface area contributed by atoms with Gasteiger partial charge in [-0.05, 0) is 62.6 Å². The number of nitrogens with zero attached hydrogens (tertiary/aromatic N) is 1. The van der Waals surface area contributed by atoms with E-state index in [9.17, 15) is 9.59 Å². The number of hydrogen-bond acceptors (Lipinski definition) is 3. The number of hydrogen-bond donors (Lipinski definition) is 1. The van der Waals surface area contributed by atoms with Crippen molar-refractivity contribution in [1.82, 2.24) is 4.90 Å². The van der Waals surface area contributed by atoms with Gasteiger partial charge in [0.05, 0.1) is 11.3 Å². The second kappa shape index (κ2) is 8.44. The summed E-state index contributed by atoms with van der Waals surface area (Å²) in [6, 6.07) is 12.3. The summed E-state index contributed by atoms with van der Waals surface area (Å²) in [6.45, 7) is 5.07. The molecule has 1 heterocycles. The molecule has 0 aromatic heterocycles. The Morgan fingerprint density at radius 3 is 2.56 bits per heavy atom. The Bertz CT molecular complexity index is 847. The molecular weight excluding hydrogens is 364 g/mol. The van der Waals surface area contributed by atoms with Crippen LogP contribution in [0.3, 0.4) is 0 Å². The highest BCUT2D eigenvalue weighted by Crippen LogP contribution is 2.23. The van der Waals surface area contributed by atoms with Crippen molar-refractivity contribution in [3.05, 3.63) is 58.6 Å². The SMILES string of the molecule is Cc1cc(O[C@H](C)C(=O)Nc2ccccc2C(=O)N2CCCC2)ccc1Cl. The van der Waals surface area contributed by atoms with Crippen LogP contribution in [-0.4, -0.2) is 35.9 Å². The summed E-state index contributed by atoms with van der Waals surface area (Å²) in [5.74, 6) is 0.204. The van der Waals surface area contributed by atoms with Crippen molar-refractivity contribution in [3.63, 3.8) is 0 Å². The number of halogens is 1. The first kappa shape index (κ1) is 19.2. The van der Waals surface area contributed by atoms with E-state index in [1.54, 1.807) is 49.4 Å². The number of carbonyl (C=O) groups is 2. The van der Waals surface area contributed by atoms with Crippen molar-refractivity contribution >= 4 is 29.1 Å². The van der Waals surface area contributed by atoms with Gasteiger partial charge >= 0.3 is 0 Å². The second-order valence-electron chi connectivity index (χ2n) is 6.71. The second-order valence-corrected chi connectivity index (χ2v) is 7.11. The number of anilines is 1. The fourth-order valence-electron chi connectivity index (χ4n) is 3.05. The summed E-state index contributed by atoms with van der Waals surface area (Å²) in [5, 5.41) is 3.47. The third-order valence-corrected chi connectivity index (χ3v) is 5.04. The first-order valence-electron chi connectivity index (χ1n) is 9.07. The summed E-state index contributed by atoms with van der Waals surface area (Å²) in [4.78, 5) is 27.1. The van der Waals surface area contributed by atoms with Crippen molar-refractivity contribution < 1.29 is 14.3 Å². The van der Waals surface area contributed by atoms with Gasteiger partial charge in [0.25, 0.3) is 11.8 Å². The summed E-state index contributed by atoms with van der Waals surface area (Å²) >= 11 is 6.02. The summed E-state index contributed by atoms with van der Waals surface area (Å²) in [7, 11) is 0. The van der Waals surface area contributed by atoms with E-state index in [0.29, 0.717) is 22.0 Å². The Labute approximate surface area is 164 Å². The van der Waals surface area contributed by atoms with Gasteiger partial charge in [0.1, 0.15) is 5.75 Å². The zero-order valence-electron chi connectivity index (χ0n) is 15.5. The van der Waals surface area contributed by atoms with E-state index in [1.165, 1.54) is 0 Å². The Kier molecular flexibility index (Phi) is 6.01. The third-order valence-electron chi connectivity index (χ3n) is 4.62. The molecule has 0 aliphatic carbocycles. The molecule has 6 heteroatoms. The average Bonchev–Trinajstić information content (AvgIpc) is 3.19. The minimum absolute atomic E-state index is 0.0507. The first-order chi connectivity index (χ1) is 13.0. The lowest BCUT2D eigenvalue weighted by atomic mass is 10.1. The molecule has 0 bridgehead atoms. The van der Waals surface area contributed by atoms with E-state index in [1.807, 2.05) is 11.8 Å². The topological polar surface area (TPSA) is 58.6 Å². The Balaban J connectivity index is 1.70. The molecule has 1 aliphatic heterocycles. The molecule has 2 amide bonds. The van der Waals surface area contributed by atoms with Crippen LogP contribution in [0.1, 0.15) is 35.7 Å². The van der Waals surface area contributed by atoms with Crippen LogP contribution in [0.25, 0.3) is 0 Å². The van der Waals surface area contributed by atoms with E-state index in [0.717, 1.165) is 31.5 Å². The number of benzene rings is 2. The molecule has 5 nitrogen and oxygen atoms in total. The van der Waals surface area contributed by atoms with Crippen LogP contribution in [0.15, 0.2) is 42.5 Å². The summed E-state index contributed by atoms with van der Waals surface area (Å²) in [5.41, 5.74) is 1.88. The molecule has 3 rings (SSSR count). The van der Waals surface area contributed by atoms with E-state index in [4.69, 9.17) is 16.3 Å². The van der Waals surface area contributed by atoms with Gasteiger partial charge < -0.3 is 15.0 Å². The predicted molar refractivity (Wildman–Crippen MR) is 106 cm³/mol. The van der Waals surface area contributed by atoms with Gasteiger partial charge in [0.2, 0.25) is 0 Å². The molecule has 1 atom stereocenters. The number of carbonyl (C=O) groups excluding carboxylic acids is 2. The smallest absolute Gasteiger partial charge is 0.265 e. The number of likely N-dealkylation sites (tertiary alicyclic amines) is 1. The molecule has 0 saturated carbocycles. The van der Waals surface area contributed by atoms with Crippen LogP contribution >= 0.6 is 11.6 Å². The zero-order chi connectivity index (χ0) is 19.4. The molecule has 142 valence electrons. The predicted octanol–water partition coefficient (Wildman–Crippen LogP) is 4.29. The van der Waals surface area contributed by atoms with Crippen LogP contribution in [0.5, 0.6) is 5.75 Å². The lowest BCUT2D eigenvalue weighted by molar-refractivity contribution is -0.122. The van der Waals surface area contributed by atoms with Gasteiger partial charge in [0.15, 0.2) is 6.10 Å². The summed E-state index contributed by atoms with van der Waals surface area (Å²) in [6.07, 6.45) is 1.32. The molecule has 1 fully saturated rings. The first-order valence-corrected chi connectivity index (χ1v) is 9.45. The molecule has 2 aromatic rings. The number of ether oxygens (including phenoxy) is 1. The van der Waals surface area contributed by atoms with Crippen molar-refractivity contribution in [2.24, 2.45) is 0 Å². The Morgan fingerprint density at radius 2 is 1.85 bits per heavy atom. The summed E-state index contributed by atoms with van der Waals surface area (Å²) < 4.78 is 5.72. The van der Waals surface area contributed by atoms with E-state index in [2.05, 4.69) is 5.32 Å². The fourth-order valence-corrected chi connectivity index (χ4v) is 3.17. The van der Waals surface area contributed by atoms with Gasteiger partial charge in [-0.1, -0.05) is 23.7 Å².